The monoisotopic (exact) mass is 2470 g/mol. The highest BCUT2D eigenvalue weighted by Crippen LogP contribution is 2.60. The van der Waals surface area contributed by atoms with Crippen molar-refractivity contribution in [1.29, 1.82) is 0 Å². The maximum atomic E-state index is 13.8. The van der Waals surface area contributed by atoms with Crippen molar-refractivity contribution in [3.8, 4) is 23.0 Å². The Morgan fingerprint density at radius 2 is 0.596 bits per heavy atom. The highest BCUT2D eigenvalue weighted by Gasteiger charge is 2.61. The van der Waals surface area contributed by atoms with Crippen LogP contribution in [0.1, 0.15) is 101 Å². The van der Waals surface area contributed by atoms with Gasteiger partial charge in [0.25, 0.3) is 22.2 Å². The number of H-pyrrole nitrogens is 4. The van der Waals surface area contributed by atoms with Gasteiger partial charge in [-0.05, 0) is 154 Å². The van der Waals surface area contributed by atoms with Gasteiger partial charge in [-0.25, -0.2) is 50.6 Å². The molecule has 4 aromatic carbocycles. The van der Waals surface area contributed by atoms with Crippen molar-refractivity contribution in [2.45, 2.75) is 165 Å². The number of hydrogen-bond acceptors (Lipinski definition) is 36. The number of aliphatic hydroxyl groups is 4. The molecule has 59 heteroatoms. The summed E-state index contributed by atoms with van der Waals surface area (Å²) in [5.74, 6) is -4.64. The summed E-state index contributed by atoms with van der Waals surface area (Å²) in [6.07, 6.45) is -12.8. The van der Waals surface area contributed by atoms with Crippen LogP contribution in [0, 0.1) is 39.6 Å². The zero-order chi connectivity index (χ0) is 109. The van der Waals surface area contributed by atoms with Gasteiger partial charge in [-0.2, -0.15) is 0 Å². The van der Waals surface area contributed by atoms with E-state index in [9.17, 15) is 109 Å². The lowest BCUT2D eigenvalue weighted by atomic mass is 9.97. The molecule has 146 heavy (non-hydrogen) atoms. The fraction of sp³-hybridized carbons (Fsp3) is 0.494. The molecular weight excluding hydrogens is 2380 g/mol. The number of alkyl halides is 8. The zero-order valence-electron chi connectivity index (χ0n) is 79.0. The van der Waals surface area contributed by atoms with Crippen LogP contribution in [0.3, 0.4) is 0 Å². The minimum atomic E-state index is -4.17. The molecule has 0 bridgehead atoms. The first-order valence-electron chi connectivity index (χ1n) is 43.9. The number of benzene rings is 4. The quantitative estimate of drug-likeness (QED) is 0.00765. The lowest BCUT2D eigenvalue weighted by Crippen LogP contribution is -2.41. The van der Waals surface area contributed by atoms with Crippen LogP contribution in [-0.4, -0.2) is 224 Å². The maximum Gasteiger partial charge on any atom is 0.380 e. The number of nitrogens with zero attached hydrogens (tertiary/aromatic N) is 4. The summed E-state index contributed by atoms with van der Waals surface area (Å²) >= 11 is 38.4. The van der Waals surface area contributed by atoms with Gasteiger partial charge in [-0.3, -0.25) is 94.7 Å². The smallest absolute Gasteiger partial charge is 0.380 e. The van der Waals surface area contributed by atoms with Crippen molar-refractivity contribution >= 4 is 164 Å². The predicted molar refractivity (Wildman–Crippen MR) is 534 cm³/mol. The third-order valence-electron chi connectivity index (χ3n) is 21.3. The van der Waals surface area contributed by atoms with E-state index in [-0.39, 0.29) is 55.6 Å². The Labute approximate surface area is 882 Å². The molecule has 4 aromatic heterocycles. The summed E-state index contributed by atoms with van der Waals surface area (Å²) in [7, 11) is -16.5. The number of nitrogens with one attached hydrogen (secondary N) is 4. The first-order chi connectivity index (χ1) is 68.0. The molecule has 21 atom stereocenters. The topological polar surface area (TPSA) is 585 Å². The number of esters is 4. The van der Waals surface area contributed by atoms with Gasteiger partial charge in [0.15, 0.2) is 40.0 Å². The number of carbonyl (C=O) groups is 4. The number of aliphatic hydroxyl groups excluding tert-OH is 4. The molecule has 0 radical (unpaired) electrons. The van der Waals surface area contributed by atoms with Crippen molar-refractivity contribution in [2.75, 3.05) is 77.5 Å². The molecule has 8 aromatic rings. The molecule has 0 spiro atoms. The van der Waals surface area contributed by atoms with Crippen LogP contribution in [0.5, 0.6) is 23.0 Å². The van der Waals surface area contributed by atoms with Gasteiger partial charge in [0, 0.05) is 49.1 Å². The van der Waals surface area contributed by atoms with Gasteiger partial charge >= 0.3 is 77.0 Å². The molecule has 1 unspecified atom stereocenters. The van der Waals surface area contributed by atoms with Crippen molar-refractivity contribution in [3.05, 3.63) is 253 Å². The number of ether oxygens (including phenoxy) is 8. The van der Waals surface area contributed by atoms with E-state index in [1.165, 1.54) is 91.1 Å². The van der Waals surface area contributed by atoms with Crippen LogP contribution < -0.4 is 63.1 Å². The van der Waals surface area contributed by atoms with Gasteiger partial charge < -0.3 is 76.4 Å². The Morgan fingerprint density at radius 1 is 0.377 bits per heavy atom. The van der Waals surface area contributed by atoms with Gasteiger partial charge in [-0.1, -0.05) is 135 Å². The Morgan fingerprint density at radius 3 is 0.822 bits per heavy atom. The number of carbonyl (C=O) groups excluding carboxylic acids is 4. The fourth-order valence-electron chi connectivity index (χ4n) is 14.0. The van der Waals surface area contributed by atoms with Gasteiger partial charge in [0.05, 0.1) is 99.7 Å². The summed E-state index contributed by atoms with van der Waals surface area (Å²) in [6.45, 7) is 15.5. The SMILES string of the molecule is CCOC(=O)C(C)(C)CP(=O)(OC[C@H]1O[C@@H](n2ccc(=O)[nH]c2=O)[C@](Cl)(Br)[C@@H]1O)Oc1ccc(F)cc1.CCOC(=O)C(C)(C)C[P@@](=O)(OC[C@H]1O[C@@H](n2ccc(=O)[nH]c2=O)[C@](Cl)(Br)[C@@H]1O)Oc1ccc(F)cc1.CCOC(=O)C(C)(C)C[P@](=O)(OC[C@H]1O[C@@H](n2ccc(=O)[nH]c2=O)[C@](Cl)(Br)[C@@H]1O)Oc1ccc(F)cc1.CCOC(=O)[C@H](C)C[P@@](=O)(OC[C@H]1O[C@@H](n2ccc(=O)[nH]c2=O)[C@](Cl)(Br)[C@@H]1O)Oc1ccccc1. The van der Waals surface area contributed by atoms with Crippen LogP contribution in [-0.2, 0) is 93.4 Å². The normalized spacial score (nSPS) is 25.7. The average Bonchev–Trinajstić information content (AvgIpc) is 1.62. The van der Waals surface area contributed by atoms with E-state index < -0.39 is 273 Å². The minimum Gasteiger partial charge on any atom is -0.466 e. The van der Waals surface area contributed by atoms with E-state index in [2.05, 4.69) is 83.7 Å². The summed E-state index contributed by atoms with van der Waals surface area (Å²) in [5, 5.41) is 43.1. The molecule has 12 rings (SSSR count). The number of aromatic amines is 4. The second-order valence-electron chi connectivity index (χ2n) is 34.4. The van der Waals surface area contributed by atoms with Crippen molar-refractivity contribution in [3.63, 3.8) is 0 Å². The van der Waals surface area contributed by atoms with Crippen molar-refractivity contribution < 1.29 is 145 Å². The molecule has 4 saturated heterocycles. The average molecular weight is 2480 g/mol. The van der Waals surface area contributed by atoms with Crippen LogP contribution in [0.25, 0.3) is 0 Å². The minimum absolute atomic E-state index is 0.0159. The lowest BCUT2D eigenvalue weighted by molar-refractivity contribution is -0.153. The zero-order valence-corrected chi connectivity index (χ0v) is 92.0. The third-order valence-corrected chi connectivity index (χ3v) is 35.0. The molecule has 8 N–H and O–H groups in total. The summed E-state index contributed by atoms with van der Waals surface area (Å²) < 4.78 is 180. The molecule has 4 aliphatic heterocycles. The summed E-state index contributed by atoms with van der Waals surface area (Å²) in [4.78, 5) is 152. The number of aromatic nitrogens is 8. The molecule has 4 aliphatic rings. The number of halogens is 11. The van der Waals surface area contributed by atoms with E-state index >= 15 is 0 Å². The Kier molecular flexibility index (Phi) is 42.4. The standard InChI is InChI=1S/3C22H26BrClFN2O9P.C21H25BrClN2O9P/c3*1-4-33-19(30)21(2,3)12-37(32,36-14-7-5-13(25)6-8-14)34-11-15-17(29)22(23,24)18(35-15)27-10-9-16(28)26-20(27)31;1-3-31-18(28)13(2)12-35(30,34-14-7-5-4-6-8-14)32-11-15-17(27)21(22,23)19(33-15)25-10-9-16(26)24-20(25)29/h3*5-10,15,17-18,29H,4,11-12H2,1-3H3,(H,26,28,31);4-10,13,15,17,19,27H,3,11-12H2,1-2H3,(H,24,26,29)/t15-,17-,18-,22+,37?;15-,17-,18-,22+,37+;15-,17-,18-,22+,37-;13-,15-,17-,19-,21+,35-/m1111/s1. The molecular formula is C87H103Br4Cl4F3N8O36P4. The van der Waals surface area contributed by atoms with Crippen molar-refractivity contribution in [2.24, 2.45) is 22.2 Å². The molecule has 0 aliphatic carbocycles. The first kappa shape index (κ1) is 122. The summed E-state index contributed by atoms with van der Waals surface area (Å²) in [6, 6.07) is 26.6. The molecule has 4 fully saturated rings. The van der Waals surface area contributed by atoms with Gasteiger partial charge in [-0.15, -0.1) is 0 Å². The van der Waals surface area contributed by atoms with E-state index in [1.54, 1.807) is 58.0 Å². The largest absolute Gasteiger partial charge is 0.466 e. The molecule has 8 heterocycles. The first-order valence-corrected chi connectivity index (χ1v) is 55.5. The highest BCUT2D eigenvalue weighted by molar-refractivity contribution is 9.11. The Bertz CT molecular complexity index is 6130. The molecule has 0 amide bonds. The predicted octanol–water partition coefficient (Wildman–Crippen LogP) is 12.0. The fourth-order valence-corrected chi connectivity index (χ4v) is 25.9. The van der Waals surface area contributed by atoms with Crippen LogP contribution >= 0.6 is 141 Å². The van der Waals surface area contributed by atoms with E-state index in [4.69, 9.17) is 120 Å². The molecule has 44 nitrogen and oxygen atoms in total. The van der Waals surface area contributed by atoms with Gasteiger partial charge in [0.1, 0.15) is 89.3 Å². The molecule has 0 saturated carbocycles. The second kappa shape index (κ2) is 50.9. The maximum absolute atomic E-state index is 13.8. The molecule has 804 valence electrons. The van der Waals surface area contributed by atoms with Crippen LogP contribution in [0.4, 0.5) is 13.2 Å². The van der Waals surface area contributed by atoms with E-state index in [0.29, 0.717) is 0 Å². The number of para-hydroxylation sites is 1. The van der Waals surface area contributed by atoms with E-state index in [0.717, 1.165) is 97.5 Å². The summed E-state index contributed by atoms with van der Waals surface area (Å²) in [5.41, 5.74) is -9.77. The number of rotatable bonds is 40. The van der Waals surface area contributed by atoms with E-state index in [1.807, 2.05) is 0 Å². The lowest BCUT2D eigenvalue weighted by Gasteiger charge is -2.28. The number of hydrogen-bond donors (Lipinski definition) is 8. The Balaban J connectivity index is 0.000000217. The highest BCUT2D eigenvalue weighted by atomic mass is 79.9. The third kappa shape index (κ3) is 31.8. The van der Waals surface area contributed by atoms with Crippen molar-refractivity contribution in [1.82, 2.24) is 38.2 Å². The second-order valence-corrected chi connectivity index (χ2v) is 52.0. The van der Waals surface area contributed by atoms with Gasteiger partial charge in [0.2, 0.25) is 0 Å². The van der Waals surface area contributed by atoms with Crippen LogP contribution in [0.2, 0.25) is 0 Å². The Hall–Kier alpha value is -8.01. The van der Waals surface area contributed by atoms with Crippen LogP contribution in [0.15, 0.2) is 191 Å².